The lowest BCUT2D eigenvalue weighted by molar-refractivity contribution is -0.137. The second-order valence-electron chi connectivity index (χ2n) is 4.82. The van der Waals surface area contributed by atoms with Gasteiger partial charge >= 0.3 is 5.97 Å². The summed E-state index contributed by atoms with van der Waals surface area (Å²) in [5.74, 6) is -0.363. The van der Waals surface area contributed by atoms with Gasteiger partial charge in [0, 0.05) is 25.6 Å². The van der Waals surface area contributed by atoms with E-state index < -0.39 is 16.2 Å². The first-order chi connectivity index (χ1) is 9.90. The molecule has 0 fully saturated rings. The Morgan fingerprint density at radius 3 is 2.90 bits per heavy atom. The predicted molar refractivity (Wildman–Crippen MR) is 76.2 cm³/mol. The Labute approximate surface area is 123 Å². The van der Waals surface area contributed by atoms with Crippen molar-refractivity contribution >= 4 is 16.2 Å². The summed E-state index contributed by atoms with van der Waals surface area (Å²) in [6.45, 7) is 0.360. The first kappa shape index (κ1) is 15.7. The van der Waals surface area contributed by atoms with Crippen LogP contribution < -0.4 is 9.46 Å². The van der Waals surface area contributed by atoms with Crippen molar-refractivity contribution in [2.45, 2.75) is 18.9 Å². The number of nitrogens with zero attached hydrogens (tertiary/aromatic N) is 1. The molecule has 1 unspecified atom stereocenters. The average Bonchev–Trinajstić information content (AvgIpc) is 2.44. The van der Waals surface area contributed by atoms with Crippen LogP contribution in [0.3, 0.4) is 0 Å². The van der Waals surface area contributed by atoms with Crippen LogP contribution in [0.15, 0.2) is 24.3 Å². The van der Waals surface area contributed by atoms with E-state index >= 15 is 0 Å². The molecule has 1 aromatic rings. The summed E-state index contributed by atoms with van der Waals surface area (Å²) < 4.78 is 33.5. The van der Waals surface area contributed by atoms with Crippen LogP contribution in [0.4, 0.5) is 0 Å². The topological polar surface area (TPSA) is 95.9 Å². The lowest BCUT2D eigenvalue weighted by Gasteiger charge is -2.28. The molecule has 0 aliphatic carbocycles. The summed E-state index contributed by atoms with van der Waals surface area (Å²) in [5, 5.41) is 8.62. The molecule has 7 nitrogen and oxygen atoms in total. The Balaban J connectivity index is 2.09. The van der Waals surface area contributed by atoms with Crippen LogP contribution in [0.1, 0.15) is 24.4 Å². The number of ether oxygens (including phenoxy) is 1. The number of carboxylic acids is 1. The zero-order valence-corrected chi connectivity index (χ0v) is 12.5. The smallest absolute Gasteiger partial charge is 0.304 e. The van der Waals surface area contributed by atoms with Gasteiger partial charge in [-0.3, -0.25) is 4.79 Å². The average molecular weight is 314 g/mol. The predicted octanol–water partition coefficient (Wildman–Crippen LogP) is 0.751. The normalized spacial score (nSPS) is 18.1. The number of hydrogen-bond acceptors (Lipinski definition) is 4. The van der Waals surface area contributed by atoms with Crippen LogP contribution in [0, 0.1) is 0 Å². The molecular weight excluding hydrogens is 296 g/mol. The maximum atomic E-state index is 12.2. The van der Waals surface area contributed by atoms with Crippen LogP contribution in [0.25, 0.3) is 0 Å². The van der Waals surface area contributed by atoms with E-state index in [1.165, 1.54) is 7.05 Å². The maximum Gasteiger partial charge on any atom is 0.304 e. The van der Waals surface area contributed by atoms with Gasteiger partial charge in [-0.2, -0.15) is 17.4 Å². The highest BCUT2D eigenvalue weighted by molar-refractivity contribution is 7.87. The van der Waals surface area contributed by atoms with Crippen LogP contribution in [0.5, 0.6) is 5.75 Å². The molecule has 0 bridgehead atoms. The summed E-state index contributed by atoms with van der Waals surface area (Å²) in [7, 11) is -2.38. The number of nitrogens with one attached hydrogen (secondary N) is 1. The number of para-hydroxylation sites is 1. The van der Waals surface area contributed by atoms with Gasteiger partial charge in [-0.1, -0.05) is 18.2 Å². The number of carboxylic acid groups (broad SMARTS) is 1. The van der Waals surface area contributed by atoms with Gasteiger partial charge in [0.1, 0.15) is 5.75 Å². The maximum absolute atomic E-state index is 12.2. The summed E-state index contributed by atoms with van der Waals surface area (Å²) >= 11 is 0. The third-order valence-electron chi connectivity index (χ3n) is 3.30. The van der Waals surface area contributed by atoms with Gasteiger partial charge in [-0.05, 0) is 6.07 Å². The van der Waals surface area contributed by atoms with Crippen molar-refractivity contribution in [2.75, 3.05) is 20.2 Å². The first-order valence-electron chi connectivity index (χ1n) is 6.57. The van der Waals surface area contributed by atoms with Crippen molar-refractivity contribution < 1.29 is 23.1 Å². The fourth-order valence-electron chi connectivity index (χ4n) is 2.11. The molecule has 116 valence electrons. The molecule has 0 aromatic heterocycles. The number of fused-ring (bicyclic) bond motifs is 1. The Kier molecular flexibility index (Phi) is 4.81. The molecule has 1 atom stereocenters. The van der Waals surface area contributed by atoms with Crippen molar-refractivity contribution in [3.05, 3.63) is 29.8 Å². The fraction of sp³-hybridized carbons (Fsp3) is 0.462. The summed E-state index contributed by atoms with van der Waals surface area (Å²) in [6.07, 6.45) is 0.296. The third kappa shape index (κ3) is 3.93. The minimum Gasteiger partial charge on any atom is -0.493 e. The second kappa shape index (κ2) is 6.42. The van der Waals surface area contributed by atoms with E-state index in [1.807, 2.05) is 18.2 Å². The van der Waals surface area contributed by atoms with Gasteiger partial charge in [0.05, 0.1) is 19.1 Å². The molecule has 1 aromatic carbocycles. The number of rotatable bonds is 6. The molecule has 1 heterocycles. The molecule has 8 heteroatoms. The van der Waals surface area contributed by atoms with Crippen molar-refractivity contribution in [2.24, 2.45) is 0 Å². The monoisotopic (exact) mass is 314 g/mol. The van der Waals surface area contributed by atoms with Crippen molar-refractivity contribution in [1.82, 2.24) is 9.03 Å². The summed E-state index contributed by atoms with van der Waals surface area (Å²) in [4.78, 5) is 10.5. The molecular formula is C13H18N2O5S. The SMILES string of the molecule is CN(CCC(=O)O)S(=O)(=O)NC1CCOc2ccccc21. The Morgan fingerprint density at radius 2 is 2.19 bits per heavy atom. The Morgan fingerprint density at radius 1 is 1.48 bits per heavy atom. The van der Waals surface area contributed by atoms with Crippen LogP contribution in [-0.4, -0.2) is 44.0 Å². The Hall–Kier alpha value is -1.64. The molecule has 1 aliphatic heterocycles. The van der Waals surface area contributed by atoms with Crippen LogP contribution >= 0.6 is 0 Å². The standard InChI is InChI=1S/C13H18N2O5S/c1-15(8-6-13(16)17)21(18,19)14-11-7-9-20-12-5-3-2-4-10(11)12/h2-5,11,14H,6-9H2,1H3,(H,16,17). The van der Waals surface area contributed by atoms with E-state index in [2.05, 4.69) is 4.72 Å². The summed E-state index contributed by atoms with van der Waals surface area (Å²) in [5.41, 5.74) is 0.791. The quantitative estimate of drug-likeness (QED) is 0.808. The molecule has 0 radical (unpaired) electrons. The Bertz CT molecular complexity index is 617. The van der Waals surface area contributed by atoms with E-state index in [1.54, 1.807) is 6.07 Å². The molecule has 0 saturated heterocycles. The first-order valence-corrected chi connectivity index (χ1v) is 8.01. The van der Waals surface area contributed by atoms with Gasteiger partial charge in [0.25, 0.3) is 10.2 Å². The van der Waals surface area contributed by atoms with Gasteiger partial charge in [0.15, 0.2) is 0 Å². The number of benzene rings is 1. The van der Waals surface area contributed by atoms with Crippen molar-refractivity contribution in [1.29, 1.82) is 0 Å². The highest BCUT2D eigenvalue weighted by Gasteiger charge is 2.27. The molecule has 0 saturated carbocycles. The van der Waals surface area contributed by atoms with E-state index in [9.17, 15) is 13.2 Å². The van der Waals surface area contributed by atoms with E-state index in [0.717, 1.165) is 9.87 Å². The van der Waals surface area contributed by atoms with Crippen molar-refractivity contribution in [3.63, 3.8) is 0 Å². The lowest BCUT2D eigenvalue weighted by Crippen LogP contribution is -2.42. The van der Waals surface area contributed by atoms with Gasteiger partial charge in [-0.25, -0.2) is 0 Å². The highest BCUT2D eigenvalue weighted by atomic mass is 32.2. The van der Waals surface area contributed by atoms with E-state index in [0.29, 0.717) is 18.8 Å². The molecule has 1 aliphatic rings. The molecule has 21 heavy (non-hydrogen) atoms. The molecule has 0 spiro atoms. The second-order valence-corrected chi connectivity index (χ2v) is 6.62. The van der Waals surface area contributed by atoms with Crippen LogP contribution in [-0.2, 0) is 15.0 Å². The van der Waals surface area contributed by atoms with Gasteiger partial charge < -0.3 is 9.84 Å². The fourth-order valence-corrected chi connectivity index (χ4v) is 3.22. The largest absolute Gasteiger partial charge is 0.493 e. The zero-order valence-electron chi connectivity index (χ0n) is 11.7. The lowest BCUT2D eigenvalue weighted by atomic mass is 10.0. The number of aliphatic carboxylic acids is 1. The minimum atomic E-state index is -3.73. The molecule has 0 amide bonds. The highest BCUT2D eigenvalue weighted by Crippen LogP contribution is 2.32. The zero-order chi connectivity index (χ0) is 15.5. The van der Waals surface area contributed by atoms with Crippen LogP contribution in [0.2, 0.25) is 0 Å². The summed E-state index contributed by atoms with van der Waals surface area (Å²) in [6, 6.07) is 6.90. The number of carbonyl (C=O) groups is 1. The molecule has 2 N–H and O–H groups in total. The van der Waals surface area contributed by atoms with Gasteiger partial charge in [-0.15, -0.1) is 0 Å². The van der Waals surface area contributed by atoms with Gasteiger partial charge in [0.2, 0.25) is 0 Å². The van der Waals surface area contributed by atoms with Crippen molar-refractivity contribution in [3.8, 4) is 5.75 Å². The van der Waals surface area contributed by atoms with E-state index in [4.69, 9.17) is 9.84 Å². The molecule has 2 rings (SSSR count). The minimum absolute atomic E-state index is 0.0739. The third-order valence-corrected chi connectivity index (χ3v) is 4.89. The van der Waals surface area contributed by atoms with E-state index in [-0.39, 0.29) is 19.0 Å². The number of hydrogen-bond donors (Lipinski definition) is 2.